The van der Waals surface area contributed by atoms with Gasteiger partial charge in [0.05, 0.1) is 0 Å². The lowest BCUT2D eigenvalue weighted by Gasteiger charge is -1.80. The average Bonchev–Trinajstić information content (AvgIpc) is 1.41. The van der Waals surface area contributed by atoms with Gasteiger partial charge in [0.1, 0.15) is 0 Å². The molecule has 0 aliphatic carbocycles. The monoisotopic (exact) mass is 92.0 g/mol. The van der Waals surface area contributed by atoms with Crippen molar-refractivity contribution in [2.24, 2.45) is 0 Å². The molecule has 0 aromatic heterocycles. The second-order valence-corrected chi connectivity index (χ2v) is 2.34. The Hall–Kier alpha value is 0.350. The van der Waals surface area contributed by atoms with E-state index in [2.05, 4.69) is 13.8 Å². The van der Waals surface area contributed by atoms with Crippen molar-refractivity contribution < 1.29 is 0 Å². The fourth-order valence-electron chi connectivity index (χ4n) is 0.204. The summed E-state index contributed by atoms with van der Waals surface area (Å²) in [7, 11) is 0. The zero-order valence-corrected chi connectivity index (χ0v) is 4.64. The van der Waals surface area contributed by atoms with Crippen molar-refractivity contribution in [3.63, 3.8) is 0 Å². The molecule has 32 valence electrons. The maximum Gasteiger partial charge on any atom is -0.00961 e. The molecule has 0 amide bonds. The van der Waals surface area contributed by atoms with E-state index in [4.69, 9.17) is 0 Å². The van der Waals surface area contributed by atoms with Gasteiger partial charge in [0.25, 0.3) is 0 Å². The van der Waals surface area contributed by atoms with Crippen molar-refractivity contribution in [2.45, 2.75) is 13.8 Å². The van der Waals surface area contributed by atoms with Gasteiger partial charge in [-0.25, -0.2) is 0 Å². The van der Waals surface area contributed by atoms with Crippen LogP contribution in [0, 0.1) is 0 Å². The quantitative estimate of drug-likeness (QED) is 0.467. The number of rotatable bonds is 2. The van der Waals surface area contributed by atoms with E-state index in [1.54, 1.807) is 0 Å². The molecule has 0 aromatic rings. The van der Waals surface area contributed by atoms with Gasteiger partial charge >= 0.3 is 0 Å². The molecule has 0 heterocycles. The molecule has 0 fully saturated rings. The third-order valence-electron chi connectivity index (χ3n) is 0.408. The third kappa shape index (κ3) is 4.35. The summed E-state index contributed by atoms with van der Waals surface area (Å²) < 4.78 is 0. The van der Waals surface area contributed by atoms with Crippen LogP contribution in [0.5, 0.6) is 0 Å². The number of thioether (sulfide) groups is 1. The van der Waals surface area contributed by atoms with E-state index in [0.717, 1.165) is 0 Å². The first-order valence-corrected chi connectivity index (χ1v) is 3.15. The molecule has 0 nitrogen and oxygen atoms in total. The number of hydrogen-bond donors (Lipinski definition) is 0. The van der Waals surface area contributed by atoms with Crippen LogP contribution in [-0.4, -0.2) is 11.5 Å². The van der Waals surface area contributed by atoms with Crippen molar-refractivity contribution in [3.8, 4) is 0 Å². The predicted octanol–water partition coefficient (Wildman–Crippen LogP) is 1.76. The van der Waals surface area contributed by atoms with E-state index < -0.39 is 0 Å². The summed E-state index contributed by atoms with van der Waals surface area (Å²) in [6.07, 6.45) is 0. The van der Waals surface area contributed by atoms with Crippen molar-refractivity contribution in [3.05, 3.63) is 0 Å². The van der Waals surface area contributed by atoms with E-state index >= 15 is 0 Å². The van der Waals surface area contributed by atoms with Crippen LogP contribution >= 0.6 is 11.8 Å². The van der Waals surface area contributed by atoms with Crippen LogP contribution in [0.2, 0.25) is 0 Å². The molecule has 0 saturated heterocycles. The first-order chi connectivity index (χ1) is 2.41. The van der Waals surface area contributed by atoms with Crippen molar-refractivity contribution in [2.75, 3.05) is 11.5 Å². The molecule has 0 atom stereocenters. The second kappa shape index (κ2) is 4.35. The maximum absolute atomic E-state index is 2.17. The molecule has 0 aliphatic rings. The van der Waals surface area contributed by atoms with Crippen molar-refractivity contribution >= 4 is 11.8 Å². The van der Waals surface area contributed by atoms with Gasteiger partial charge in [-0.1, -0.05) is 13.8 Å². The Bertz CT molecular complexity index is 11.1. The highest BCUT2D eigenvalue weighted by Gasteiger charge is 1.67. The molecule has 0 aliphatic heterocycles. The van der Waals surface area contributed by atoms with E-state index in [0.29, 0.717) is 0 Å². The van der Waals surface area contributed by atoms with Gasteiger partial charge < -0.3 is 0 Å². The van der Waals surface area contributed by atoms with Gasteiger partial charge in [-0.05, 0) is 11.5 Å². The van der Waals surface area contributed by atoms with Gasteiger partial charge in [0.2, 0.25) is 0 Å². The highest BCUT2D eigenvalue weighted by molar-refractivity contribution is 7.99. The SMILES string of the molecule is CC[34S]CC. The largest absolute Gasteiger partial charge is 0.163 e. The molecule has 0 bridgehead atoms. The Kier molecular flexibility index (Phi) is 4.65. The van der Waals surface area contributed by atoms with Crippen molar-refractivity contribution in [1.29, 1.82) is 0 Å². The smallest absolute Gasteiger partial charge is 0.00961 e. The summed E-state index contributed by atoms with van der Waals surface area (Å²) in [6.45, 7) is 4.35. The Morgan fingerprint density at radius 1 is 1.20 bits per heavy atom. The molecular formula is C4H10S. The minimum absolute atomic E-state index is 1.26. The molecule has 0 N–H and O–H groups in total. The van der Waals surface area contributed by atoms with E-state index in [1.807, 2.05) is 11.8 Å². The molecule has 0 saturated carbocycles. The first kappa shape index (κ1) is 5.35. The molecule has 5 heavy (non-hydrogen) atoms. The summed E-state index contributed by atoms with van der Waals surface area (Å²) >= 11 is 1.96. The van der Waals surface area contributed by atoms with E-state index in [1.165, 1.54) is 11.5 Å². The summed E-state index contributed by atoms with van der Waals surface area (Å²) in [5.41, 5.74) is 0. The predicted molar refractivity (Wildman–Crippen MR) is 28.7 cm³/mol. The Balaban J connectivity index is 2.19. The van der Waals surface area contributed by atoms with Crippen LogP contribution in [-0.2, 0) is 0 Å². The highest BCUT2D eigenvalue weighted by Crippen LogP contribution is 1.93. The fraction of sp³-hybridized carbons (Fsp3) is 1.00. The molecule has 0 spiro atoms. The lowest BCUT2D eigenvalue weighted by Crippen LogP contribution is -1.64. The second-order valence-electron chi connectivity index (χ2n) is 0.781. The van der Waals surface area contributed by atoms with Crippen LogP contribution < -0.4 is 0 Å². The third-order valence-corrected chi connectivity index (χ3v) is 1.22. The molecule has 0 rings (SSSR count). The van der Waals surface area contributed by atoms with Crippen molar-refractivity contribution in [1.82, 2.24) is 0 Å². The standard InChI is InChI=1S/C4H10S/c1-3-5-4-2/h3-4H2,1-2H3/i5+2. The molecule has 0 aromatic carbocycles. The maximum atomic E-state index is 2.17. The zero-order valence-electron chi connectivity index (χ0n) is 3.82. The van der Waals surface area contributed by atoms with Gasteiger partial charge in [-0.3, -0.25) is 0 Å². The average molecular weight is 92.1 g/mol. The van der Waals surface area contributed by atoms with Crippen LogP contribution in [0.4, 0.5) is 0 Å². The van der Waals surface area contributed by atoms with Gasteiger partial charge in [0.15, 0.2) is 0 Å². The normalized spacial score (nSPS) is 8.40. The van der Waals surface area contributed by atoms with E-state index in [-0.39, 0.29) is 0 Å². The van der Waals surface area contributed by atoms with Gasteiger partial charge in [-0.15, -0.1) is 0 Å². The summed E-state index contributed by atoms with van der Waals surface area (Å²) in [6, 6.07) is 0. The summed E-state index contributed by atoms with van der Waals surface area (Å²) in [4.78, 5) is 0. The van der Waals surface area contributed by atoms with Gasteiger partial charge in [0, 0.05) is 0 Å². The summed E-state index contributed by atoms with van der Waals surface area (Å²) in [5.74, 6) is 2.52. The minimum Gasteiger partial charge on any atom is -0.163 e. The van der Waals surface area contributed by atoms with Gasteiger partial charge in [-0.2, -0.15) is 11.8 Å². The topological polar surface area (TPSA) is 0 Å². The lowest BCUT2D eigenvalue weighted by molar-refractivity contribution is 1.46. The zero-order chi connectivity index (χ0) is 4.12. The van der Waals surface area contributed by atoms with Crippen LogP contribution in [0.3, 0.4) is 0 Å². The van der Waals surface area contributed by atoms with Crippen LogP contribution in [0.25, 0.3) is 0 Å². The molecule has 1 heteroatoms. The molecular weight excluding hydrogens is 82.0 g/mol. The lowest BCUT2D eigenvalue weighted by atomic mass is 11.0. The minimum atomic E-state index is 1.26. The first-order valence-electron chi connectivity index (χ1n) is 1.99. The molecule has 0 radical (unpaired) electrons. The van der Waals surface area contributed by atoms with Crippen LogP contribution in [0.1, 0.15) is 13.8 Å². The Labute approximate surface area is 38.0 Å². The Morgan fingerprint density at radius 2 is 1.60 bits per heavy atom. The van der Waals surface area contributed by atoms with Crippen LogP contribution in [0.15, 0.2) is 0 Å². The highest BCUT2D eigenvalue weighted by atomic mass is 34.1. The summed E-state index contributed by atoms with van der Waals surface area (Å²) in [5, 5.41) is 0. The molecule has 0 unspecified atom stereocenters. The number of hydrogen-bond acceptors (Lipinski definition) is 1. The Morgan fingerprint density at radius 3 is 1.60 bits per heavy atom. The fourth-order valence-corrected chi connectivity index (χ4v) is 0.612. The van der Waals surface area contributed by atoms with E-state index in [9.17, 15) is 0 Å².